The monoisotopic (exact) mass is 358 g/mol. The van der Waals surface area contributed by atoms with Crippen molar-refractivity contribution < 1.29 is 17.6 Å². The van der Waals surface area contributed by atoms with Gasteiger partial charge in [-0.3, -0.25) is 0 Å². The Morgan fingerprint density at radius 2 is 1.00 bits per heavy atom. The summed E-state index contributed by atoms with van der Waals surface area (Å²) < 4.78 is 48.7. The van der Waals surface area contributed by atoms with Gasteiger partial charge in [0.2, 0.25) is 0 Å². The second-order valence-corrected chi connectivity index (χ2v) is 4.95. The van der Waals surface area contributed by atoms with Gasteiger partial charge in [-0.1, -0.05) is 58.0 Å². The van der Waals surface area contributed by atoms with Gasteiger partial charge in [-0.15, -0.1) is 0 Å². The van der Waals surface area contributed by atoms with Crippen LogP contribution in [-0.4, -0.2) is 0 Å². The minimum absolute atomic E-state index is 0.00447. The van der Waals surface area contributed by atoms with E-state index in [0.29, 0.717) is 0 Å². The molecule has 0 amide bonds. The summed E-state index contributed by atoms with van der Waals surface area (Å²) in [5, 5.41) is 0. The molecule has 0 saturated carbocycles. The second-order valence-electron chi connectivity index (χ2n) is 4.95. The molecule has 25 heavy (non-hydrogen) atoms. The summed E-state index contributed by atoms with van der Waals surface area (Å²) in [6.45, 7) is 15.7. The highest BCUT2D eigenvalue weighted by molar-refractivity contribution is 5.31. The zero-order chi connectivity index (χ0) is 20.2. The van der Waals surface area contributed by atoms with E-state index >= 15 is 0 Å². The number of alkyl halides is 3. The molecule has 0 unspecified atom stereocenters. The fourth-order valence-electron chi connectivity index (χ4n) is 1.76. The third kappa shape index (κ3) is 8.71. The number of hydrogen-bond acceptors (Lipinski definition) is 0. The molecule has 4 heteroatoms. The Labute approximate surface area is 149 Å². The van der Waals surface area contributed by atoms with Crippen molar-refractivity contribution in [3.05, 3.63) is 70.0 Å². The van der Waals surface area contributed by atoms with Crippen LogP contribution in [0.1, 0.15) is 55.5 Å². The third-order valence-corrected chi connectivity index (χ3v) is 3.37. The number of hydrogen-bond donors (Lipinski definition) is 0. The average molecular weight is 358 g/mol. The maximum absolute atomic E-state index is 12.8. The van der Waals surface area contributed by atoms with Crippen LogP contribution in [0.4, 0.5) is 17.6 Å². The molecule has 0 N–H and O–H groups in total. The predicted molar refractivity (Wildman–Crippen MR) is 99.5 cm³/mol. The third-order valence-electron chi connectivity index (χ3n) is 3.37. The van der Waals surface area contributed by atoms with E-state index in [9.17, 15) is 17.6 Å². The summed E-state index contributed by atoms with van der Waals surface area (Å²) in [6, 6.07) is 9.58. The Kier molecular flexibility index (Phi) is 12.7. The van der Waals surface area contributed by atoms with Gasteiger partial charge in [-0.25, -0.2) is 4.39 Å². The molecular formula is C21H30F4. The van der Waals surface area contributed by atoms with Crippen molar-refractivity contribution in [1.29, 1.82) is 0 Å². The lowest BCUT2D eigenvalue weighted by Crippen LogP contribution is -2.08. The van der Waals surface area contributed by atoms with E-state index in [2.05, 4.69) is 39.0 Å². The molecule has 0 bridgehead atoms. The van der Waals surface area contributed by atoms with Gasteiger partial charge >= 0.3 is 6.18 Å². The fourth-order valence-corrected chi connectivity index (χ4v) is 1.76. The van der Waals surface area contributed by atoms with Crippen LogP contribution in [0.25, 0.3) is 0 Å². The second kappa shape index (κ2) is 12.5. The molecule has 0 saturated heterocycles. The molecule has 0 spiro atoms. The highest BCUT2D eigenvalue weighted by atomic mass is 19.4. The smallest absolute Gasteiger partial charge is 0.206 e. The van der Waals surface area contributed by atoms with Crippen molar-refractivity contribution in [3.8, 4) is 0 Å². The van der Waals surface area contributed by atoms with E-state index in [1.165, 1.54) is 35.7 Å². The van der Waals surface area contributed by atoms with E-state index < -0.39 is 17.6 Å². The summed E-state index contributed by atoms with van der Waals surface area (Å²) in [6.07, 6.45) is -4.60. The first-order chi connectivity index (χ1) is 11.6. The van der Waals surface area contributed by atoms with Crippen LogP contribution in [0.3, 0.4) is 0 Å². The molecule has 0 heterocycles. The highest BCUT2D eigenvalue weighted by Crippen LogP contribution is 2.31. The lowest BCUT2D eigenvalue weighted by Gasteiger charge is -2.08. The van der Waals surface area contributed by atoms with E-state index in [1.54, 1.807) is 0 Å². The molecule has 0 radical (unpaired) electrons. The molecule has 142 valence electrons. The molecule has 0 aromatic heterocycles. The molecule has 2 aromatic rings. The number of aryl methyl sites for hydroxylation is 3. The molecule has 0 aliphatic heterocycles. The van der Waals surface area contributed by atoms with Gasteiger partial charge in [-0.05, 0) is 56.0 Å². The molecule has 0 fully saturated rings. The predicted octanol–water partition coefficient (Wildman–Crippen LogP) is 7.82. The van der Waals surface area contributed by atoms with E-state index in [4.69, 9.17) is 0 Å². The maximum atomic E-state index is 12.8. The van der Waals surface area contributed by atoms with Gasteiger partial charge in [-0.2, -0.15) is 13.2 Å². The van der Waals surface area contributed by atoms with Crippen molar-refractivity contribution in [2.24, 2.45) is 0 Å². The van der Waals surface area contributed by atoms with E-state index in [0.717, 1.165) is 6.07 Å². The highest BCUT2D eigenvalue weighted by Gasteiger charge is 2.34. The van der Waals surface area contributed by atoms with Gasteiger partial charge in [0, 0.05) is 0 Å². The standard InChI is InChI=1S/C9H12.C8H6F4.2C2H6/c1-7-5-4-6-8(2)9(7)3;1-5-3-2-4-6(7(5)9)8(10,11)12;2*1-2/h4-6H,1-3H3;2-4H,1H3;2*1-2H3. The van der Waals surface area contributed by atoms with E-state index in [-0.39, 0.29) is 5.56 Å². The van der Waals surface area contributed by atoms with Crippen LogP contribution in [0.5, 0.6) is 0 Å². The summed E-state index contributed by atoms with van der Waals surface area (Å²) in [4.78, 5) is 0. The van der Waals surface area contributed by atoms with Crippen LogP contribution in [0, 0.1) is 33.5 Å². The first-order valence-corrected chi connectivity index (χ1v) is 8.49. The normalized spacial score (nSPS) is 9.60. The van der Waals surface area contributed by atoms with Gasteiger partial charge in [0.05, 0.1) is 5.56 Å². The minimum Gasteiger partial charge on any atom is -0.206 e. The van der Waals surface area contributed by atoms with Gasteiger partial charge < -0.3 is 0 Å². The summed E-state index contributed by atoms with van der Waals surface area (Å²) in [7, 11) is 0. The molecule has 0 aliphatic carbocycles. The van der Waals surface area contributed by atoms with Gasteiger partial charge in [0.15, 0.2) is 0 Å². The van der Waals surface area contributed by atoms with Crippen molar-refractivity contribution in [2.75, 3.05) is 0 Å². The minimum atomic E-state index is -4.60. The van der Waals surface area contributed by atoms with Crippen molar-refractivity contribution in [2.45, 2.75) is 61.6 Å². The van der Waals surface area contributed by atoms with Crippen molar-refractivity contribution in [3.63, 3.8) is 0 Å². The van der Waals surface area contributed by atoms with Gasteiger partial charge in [0.1, 0.15) is 5.82 Å². The summed E-state index contributed by atoms with van der Waals surface area (Å²) in [5.74, 6) is -1.19. The number of halogens is 4. The molecule has 2 aromatic carbocycles. The zero-order valence-electron chi connectivity index (χ0n) is 16.5. The van der Waals surface area contributed by atoms with Crippen LogP contribution in [0.15, 0.2) is 36.4 Å². The Hall–Kier alpha value is -1.84. The molecule has 0 atom stereocenters. The van der Waals surface area contributed by atoms with Gasteiger partial charge in [0.25, 0.3) is 0 Å². The number of benzene rings is 2. The maximum Gasteiger partial charge on any atom is 0.419 e. The van der Waals surface area contributed by atoms with Crippen LogP contribution in [-0.2, 0) is 6.18 Å². The lowest BCUT2D eigenvalue weighted by atomic mass is 10.1. The molecule has 2 rings (SSSR count). The topological polar surface area (TPSA) is 0 Å². The lowest BCUT2D eigenvalue weighted by molar-refractivity contribution is -0.140. The molecular weight excluding hydrogens is 328 g/mol. The average Bonchev–Trinajstić information content (AvgIpc) is 2.58. The Morgan fingerprint density at radius 3 is 1.32 bits per heavy atom. The Balaban J connectivity index is 0. The largest absolute Gasteiger partial charge is 0.419 e. The fraction of sp³-hybridized carbons (Fsp3) is 0.429. The Bertz CT molecular complexity index is 594. The van der Waals surface area contributed by atoms with Crippen molar-refractivity contribution in [1.82, 2.24) is 0 Å². The molecule has 0 nitrogen and oxygen atoms in total. The first kappa shape index (κ1) is 25.4. The molecule has 0 aliphatic rings. The van der Waals surface area contributed by atoms with Crippen molar-refractivity contribution >= 4 is 0 Å². The van der Waals surface area contributed by atoms with E-state index in [1.807, 2.05) is 27.7 Å². The zero-order valence-corrected chi connectivity index (χ0v) is 16.5. The summed E-state index contributed by atoms with van der Waals surface area (Å²) in [5.41, 5.74) is 2.98. The van der Waals surface area contributed by atoms with Crippen LogP contribution >= 0.6 is 0 Å². The quantitative estimate of drug-likeness (QED) is 0.421. The van der Waals surface area contributed by atoms with Crippen LogP contribution < -0.4 is 0 Å². The SMILES string of the molecule is CC.CC.Cc1cccc(C(F)(F)F)c1F.Cc1cccc(C)c1C. The first-order valence-electron chi connectivity index (χ1n) is 8.49. The Morgan fingerprint density at radius 1 is 0.640 bits per heavy atom. The number of rotatable bonds is 0. The van der Waals surface area contributed by atoms with Crippen LogP contribution in [0.2, 0.25) is 0 Å². The summed E-state index contributed by atoms with van der Waals surface area (Å²) >= 11 is 0.